The van der Waals surface area contributed by atoms with Gasteiger partial charge in [0.2, 0.25) is 0 Å². The molecule has 170 valence electrons. The molecule has 0 spiro atoms. The maximum atomic E-state index is 12.7. The molecule has 1 fully saturated rings. The lowest BCUT2D eigenvalue weighted by molar-refractivity contribution is 0.0940. The zero-order valence-electron chi connectivity index (χ0n) is 17.7. The average molecular weight is 468 g/mol. The van der Waals surface area contributed by atoms with Crippen molar-refractivity contribution in [3.63, 3.8) is 0 Å². The van der Waals surface area contributed by atoms with Gasteiger partial charge in [-0.2, -0.15) is 5.26 Å². The Morgan fingerprint density at radius 1 is 1.42 bits per heavy atom. The molecule has 0 bridgehead atoms. The van der Waals surface area contributed by atoms with Crippen LogP contribution >= 0.6 is 11.6 Å². The number of nitrogen functional groups attached to an aromatic ring is 1. The summed E-state index contributed by atoms with van der Waals surface area (Å²) in [5, 5.41) is 30.4. The largest absolute Gasteiger partial charge is 0.504 e. The minimum absolute atomic E-state index is 0.0299. The van der Waals surface area contributed by atoms with Crippen LogP contribution in [0.5, 0.6) is 5.75 Å². The number of halogens is 1. The quantitative estimate of drug-likeness (QED) is 0.315. The molecule has 0 saturated carbocycles. The highest BCUT2D eigenvalue weighted by atomic mass is 35.5. The molecule has 1 aliphatic heterocycles. The number of nitriles is 1. The summed E-state index contributed by atoms with van der Waals surface area (Å²) in [7, 11) is 0. The van der Waals surface area contributed by atoms with E-state index >= 15 is 0 Å². The summed E-state index contributed by atoms with van der Waals surface area (Å²) in [6.45, 7) is 2.45. The van der Waals surface area contributed by atoms with Crippen molar-refractivity contribution in [1.29, 1.82) is 10.7 Å². The molecule has 7 N–H and O–H groups in total. The Morgan fingerprint density at radius 2 is 2.18 bits per heavy atom. The first-order chi connectivity index (χ1) is 15.7. The van der Waals surface area contributed by atoms with Gasteiger partial charge in [0.15, 0.2) is 11.6 Å². The third kappa shape index (κ3) is 5.55. The van der Waals surface area contributed by atoms with Crippen molar-refractivity contribution in [1.82, 2.24) is 10.3 Å². The first-order valence-corrected chi connectivity index (χ1v) is 10.2. The maximum Gasteiger partial charge on any atom is 0.253 e. The summed E-state index contributed by atoms with van der Waals surface area (Å²) < 4.78 is 0. The van der Waals surface area contributed by atoms with Gasteiger partial charge in [0.25, 0.3) is 5.91 Å². The van der Waals surface area contributed by atoms with Crippen LogP contribution in [0.2, 0.25) is 5.02 Å². The summed E-state index contributed by atoms with van der Waals surface area (Å²) in [6.07, 6.45) is 1.88. The fourth-order valence-electron chi connectivity index (χ4n) is 3.30. The number of rotatable bonds is 6. The lowest BCUT2D eigenvalue weighted by Gasteiger charge is -2.20. The van der Waals surface area contributed by atoms with Gasteiger partial charge in [0.1, 0.15) is 23.9 Å². The number of hydrogen-bond acceptors (Lipinski definition) is 7. The molecule has 2 heterocycles. The number of hydrogen-bond donors (Lipinski definition) is 5. The van der Waals surface area contributed by atoms with Gasteiger partial charge in [0, 0.05) is 19.1 Å². The van der Waals surface area contributed by atoms with E-state index in [4.69, 9.17) is 28.5 Å². The highest BCUT2D eigenvalue weighted by molar-refractivity contribution is 6.34. The molecule has 3 rings (SSSR count). The maximum absolute atomic E-state index is 12.7. The number of aliphatic imine (C=N–C) groups is 2. The Bertz CT molecular complexity index is 1200. The van der Waals surface area contributed by atoms with Crippen LogP contribution in [0, 0.1) is 16.7 Å². The third-order valence-electron chi connectivity index (χ3n) is 4.87. The zero-order chi connectivity index (χ0) is 24.1. The van der Waals surface area contributed by atoms with Gasteiger partial charge < -0.3 is 26.8 Å². The molecule has 0 aliphatic carbocycles. The highest BCUT2D eigenvalue weighted by Crippen LogP contribution is 2.32. The van der Waals surface area contributed by atoms with Gasteiger partial charge in [-0.15, -0.1) is 0 Å². The Balaban J connectivity index is 1.71. The van der Waals surface area contributed by atoms with Gasteiger partial charge in [-0.05, 0) is 37.6 Å². The topological polar surface area (TPSA) is 190 Å². The van der Waals surface area contributed by atoms with Gasteiger partial charge in [-0.25, -0.2) is 15.0 Å². The second-order valence-electron chi connectivity index (χ2n) is 7.34. The van der Waals surface area contributed by atoms with Crippen molar-refractivity contribution >= 4 is 47.0 Å². The van der Waals surface area contributed by atoms with E-state index in [-0.39, 0.29) is 45.6 Å². The third-order valence-corrected chi connectivity index (χ3v) is 5.18. The van der Waals surface area contributed by atoms with Crippen LogP contribution in [-0.4, -0.2) is 53.1 Å². The van der Waals surface area contributed by atoms with Gasteiger partial charge in [0.05, 0.1) is 27.7 Å². The van der Waals surface area contributed by atoms with Gasteiger partial charge >= 0.3 is 0 Å². The Hall–Kier alpha value is -4.17. The number of carbonyl (C=O) groups excluding carboxylic acids is 1. The predicted molar refractivity (Wildman–Crippen MR) is 127 cm³/mol. The number of aromatic nitrogens is 1. The number of nitrogens with one attached hydrogen (secondary N) is 2. The Kier molecular flexibility index (Phi) is 7.10. The molecular weight excluding hydrogens is 446 g/mol. The van der Waals surface area contributed by atoms with E-state index in [1.54, 1.807) is 30.0 Å². The number of amidine groups is 2. The second kappa shape index (κ2) is 9.97. The summed E-state index contributed by atoms with van der Waals surface area (Å²) in [5.41, 5.74) is 11.8. The van der Waals surface area contributed by atoms with Crippen LogP contribution in [0.15, 0.2) is 34.3 Å². The van der Waals surface area contributed by atoms with Crippen LogP contribution in [0.4, 0.5) is 11.5 Å². The second-order valence-corrected chi connectivity index (χ2v) is 7.74. The van der Waals surface area contributed by atoms with Crippen molar-refractivity contribution in [2.75, 3.05) is 18.0 Å². The minimum Gasteiger partial charge on any atom is -0.504 e. The van der Waals surface area contributed by atoms with Gasteiger partial charge in [-0.1, -0.05) is 11.6 Å². The fraction of sp³-hybridized carbons (Fsp3) is 0.238. The van der Waals surface area contributed by atoms with Crippen molar-refractivity contribution in [2.24, 2.45) is 21.5 Å². The van der Waals surface area contributed by atoms with Crippen LogP contribution < -0.4 is 21.7 Å². The predicted octanol–water partition coefficient (Wildman–Crippen LogP) is 1.64. The van der Waals surface area contributed by atoms with Crippen LogP contribution in [0.1, 0.15) is 35.0 Å². The smallest absolute Gasteiger partial charge is 0.253 e. The standard InChI is InChI=1S/C21H22ClN9O2/c1-11(24)27-10-28-12-2-3-15(17(22)7-12)21(33)30-13-4-5-31(9-13)20-18(32)16(19(25)26)6-14(8-23)29-20/h2-3,6-7,10,13,32H,4-5,9H2,1H3,(H3,25,26)(H,30,33)(H2,24,27,28). The lowest BCUT2D eigenvalue weighted by atomic mass is 10.1. The van der Waals surface area contributed by atoms with E-state index in [9.17, 15) is 15.2 Å². The molecule has 1 aromatic heterocycles. The van der Waals surface area contributed by atoms with Crippen molar-refractivity contribution in [2.45, 2.75) is 19.4 Å². The van der Waals surface area contributed by atoms with Crippen molar-refractivity contribution < 1.29 is 9.90 Å². The van der Waals surface area contributed by atoms with E-state index in [1.165, 1.54) is 12.4 Å². The summed E-state index contributed by atoms with van der Waals surface area (Å²) in [5.74, 6) is -0.491. The Morgan fingerprint density at radius 3 is 2.82 bits per heavy atom. The molecule has 1 atom stereocenters. The number of pyridine rings is 1. The van der Waals surface area contributed by atoms with Crippen LogP contribution in [0.3, 0.4) is 0 Å². The molecule has 33 heavy (non-hydrogen) atoms. The summed E-state index contributed by atoms with van der Waals surface area (Å²) in [4.78, 5) is 26.6. The molecule has 2 aromatic rings. The first-order valence-electron chi connectivity index (χ1n) is 9.86. The van der Waals surface area contributed by atoms with Crippen LogP contribution in [0.25, 0.3) is 0 Å². The molecule has 1 unspecified atom stereocenters. The normalized spacial score (nSPS) is 16.1. The molecule has 1 aliphatic rings. The number of nitrogens with zero attached hydrogens (tertiary/aromatic N) is 5. The number of anilines is 1. The molecular formula is C21H22ClN9O2. The molecule has 12 heteroatoms. The molecule has 1 aromatic carbocycles. The van der Waals surface area contributed by atoms with E-state index in [0.29, 0.717) is 36.6 Å². The monoisotopic (exact) mass is 467 g/mol. The number of amides is 1. The molecule has 1 saturated heterocycles. The summed E-state index contributed by atoms with van der Waals surface area (Å²) >= 11 is 6.27. The number of aromatic hydroxyl groups is 1. The summed E-state index contributed by atoms with van der Waals surface area (Å²) in [6, 6.07) is 7.66. The minimum atomic E-state index is -0.371. The SMILES string of the molecule is CC(N)=NC=Nc1ccc(C(=O)NC2CCN(c3nc(C#N)cc(C(=N)N)c3O)C2)c(Cl)c1. The van der Waals surface area contributed by atoms with Crippen molar-refractivity contribution in [3.8, 4) is 11.8 Å². The lowest BCUT2D eigenvalue weighted by Crippen LogP contribution is -2.37. The highest BCUT2D eigenvalue weighted by Gasteiger charge is 2.29. The zero-order valence-corrected chi connectivity index (χ0v) is 18.5. The molecule has 11 nitrogen and oxygen atoms in total. The average Bonchev–Trinajstić information content (AvgIpc) is 3.21. The number of nitrogens with two attached hydrogens (primary N) is 2. The fourth-order valence-corrected chi connectivity index (χ4v) is 3.56. The first kappa shape index (κ1) is 23.5. The van der Waals surface area contributed by atoms with Crippen LogP contribution in [-0.2, 0) is 0 Å². The van der Waals surface area contributed by atoms with E-state index < -0.39 is 0 Å². The number of carbonyl (C=O) groups is 1. The van der Waals surface area contributed by atoms with E-state index in [0.717, 1.165) is 0 Å². The Labute approximate surface area is 194 Å². The van der Waals surface area contributed by atoms with Gasteiger partial charge in [-0.3, -0.25) is 10.2 Å². The molecule has 0 radical (unpaired) electrons. The van der Waals surface area contributed by atoms with E-state index in [2.05, 4.69) is 20.3 Å². The van der Waals surface area contributed by atoms with Crippen molar-refractivity contribution in [3.05, 3.63) is 46.1 Å². The number of benzene rings is 1. The molecule has 1 amide bonds. The van der Waals surface area contributed by atoms with E-state index in [1.807, 2.05) is 6.07 Å².